The molecule has 0 saturated heterocycles. The first kappa shape index (κ1) is 12.6. The molecule has 0 fully saturated rings. The van der Waals surface area contributed by atoms with Crippen LogP contribution in [0.25, 0.3) is 0 Å². The molecule has 1 aromatic carbocycles. The average Bonchev–Trinajstić information content (AvgIpc) is 2.89. The second-order valence-corrected chi connectivity index (χ2v) is 4.87. The van der Waals surface area contributed by atoms with Crippen molar-refractivity contribution in [3.8, 4) is 0 Å². The number of carbonyl (C=O) groups excluding carboxylic acids is 1. The molecule has 18 heavy (non-hydrogen) atoms. The average molecular weight is 260 g/mol. The molecule has 0 aliphatic carbocycles. The summed E-state index contributed by atoms with van der Waals surface area (Å²) in [6, 6.07) is 7.67. The zero-order valence-electron chi connectivity index (χ0n) is 10.5. The first-order valence-corrected chi connectivity index (χ1v) is 6.72. The number of rotatable bonds is 4. The number of nitrogens with one attached hydrogen (secondary N) is 2. The topological polar surface area (TPSA) is 41.1 Å². The van der Waals surface area contributed by atoms with Crippen LogP contribution in [0.4, 0.5) is 5.69 Å². The largest absolute Gasteiger partial charge is 0.388 e. The molecule has 1 heterocycles. The van der Waals surface area contributed by atoms with Gasteiger partial charge in [-0.05, 0) is 53.1 Å². The summed E-state index contributed by atoms with van der Waals surface area (Å²) in [7, 11) is 1.87. The van der Waals surface area contributed by atoms with E-state index in [-0.39, 0.29) is 5.91 Å². The summed E-state index contributed by atoms with van der Waals surface area (Å²) < 4.78 is 0. The van der Waals surface area contributed by atoms with E-state index in [4.69, 9.17) is 0 Å². The monoisotopic (exact) mass is 260 g/mol. The Labute approximate surface area is 111 Å². The molecule has 0 aliphatic rings. The fourth-order valence-corrected chi connectivity index (χ4v) is 2.43. The van der Waals surface area contributed by atoms with E-state index in [1.54, 1.807) is 11.3 Å². The van der Waals surface area contributed by atoms with Gasteiger partial charge in [0.2, 0.25) is 0 Å². The molecule has 0 aliphatic heterocycles. The van der Waals surface area contributed by atoms with E-state index in [9.17, 15) is 4.79 Å². The molecule has 4 heteroatoms. The van der Waals surface area contributed by atoms with Crippen molar-refractivity contribution in [3.63, 3.8) is 0 Å². The van der Waals surface area contributed by atoms with Crippen LogP contribution in [0.3, 0.4) is 0 Å². The van der Waals surface area contributed by atoms with Crippen molar-refractivity contribution in [1.82, 2.24) is 5.32 Å². The lowest BCUT2D eigenvalue weighted by molar-refractivity contribution is 0.0951. The van der Waals surface area contributed by atoms with Gasteiger partial charge in [-0.3, -0.25) is 4.79 Å². The number of hydrogen-bond acceptors (Lipinski definition) is 3. The molecular weight excluding hydrogens is 244 g/mol. The van der Waals surface area contributed by atoms with Crippen molar-refractivity contribution in [2.45, 2.75) is 13.5 Å². The van der Waals surface area contributed by atoms with Crippen LogP contribution in [0, 0.1) is 6.92 Å². The standard InChI is InChI=1S/C14H16N2OS/c1-10-7-12(3-4-13(10)15-2)14(17)16-8-11-5-6-18-9-11/h3-7,9,15H,8H2,1-2H3,(H,16,17). The van der Waals surface area contributed by atoms with E-state index in [2.05, 4.69) is 10.6 Å². The Kier molecular flexibility index (Phi) is 3.99. The zero-order valence-corrected chi connectivity index (χ0v) is 11.3. The Hall–Kier alpha value is -1.81. The second kappa shape index (κ2) is 5.69. The van der Waals surface area contributed by atoms with Gasteiger partial charge in [0.05, 0.1) is 0 Å². The number of amides is 1. The third-order valence-corrected chi connectivity index (χ3v) is 3.52. The molecule has 2 N–H and O–H groups in total. The maximum Gasteiger partial charge on any atom is 0.251 e. The third kappa shape index (κ3) is 2.90. The molecule has 1 amide bonds. The van der Waals surface area contributed by atoms with Gasteiger partial charge in [0.15, 0.2) is 0 Å². The van der Waals surface area contributed by atoms with Gasteiger partial charge in [-0.2, -0.15) is 11.3 Å². The van der Waals surface area contributed by atoms with Gasteiger partial charge in [0.25, 0.3) is 5.91 Å². The summed E-state index contributed by atoms with van der Waals surface area (Å²) in [5, 5.41) is 10.0. The lowest BCUT2D eigenvalue weighted by atomic mass is 10.1. The number of aryl methyl sites for hydroxylation is 1. The second-order valence-electron chi connectivity index (χ2n) is 4.09. The lowest BCUT2D eigenvalue weighted by Gasteiger charge is -2.08. The lowest BCUT2D eigenvalue weighted by Crippen LogP contribution is -2.22. The Morgan fingerprint density at radius 3 is 2.78 bits per heavy atom. The Bertz CT molecular complexity index is 535. The number of carbonyl (C=O) groups is 1. The van der Waals surface area contributed by atoms with Gasteiger partial charge in [-0.1, -0.05) is 0 Å². The molecular formula is C14H16N2OS. The SMILES string of the molecule is CNc1ccc(C(=O)NCc2ccsc2)cc1C. The molecule has 0 radical (unpaired) electrons. The predicted molar refractivity (Wildman–Crippen MR) is 76.2 cm³/mol. The molecule has 2 aromatic rings. The van der Waals surface area contributed by atoms with Crippen LogP contribution in [-0.4, -0.2) is 13.0 Å². The summed E-state index contributed by atoms with van der Waals surface area (Å²) in [5.74, 6) is -0.0352. The molecule has 0 atom stereocenters. The quantitative estimate of drug-likeness (QED) is 0.887. The molecule has 2 rings (SSSR count). The molecule has 0 saturated carbocycles. The van der Waals surface area contributed by atoms with Crippen LogP contribution in [-0.2, 0) is 6.54 Å². The van der Waals surface area contributed by atoms with Crippen molar-refractivity contribution in [2.24, 2.45) is 0 Å². The highest BCUT2D eigenvalue weighted by molar-refractivity contribution is 7.07. The summed E-state index contributed by atoms with van der Waals surface area (Å²) >= 11 is 1.63. The Morgan fingerprint density at radius 1 is 1.33 bits per heavy atom. The molecule has 3 nitrogen and oxygen atoms in total. The summed E-state index contributed by atoms with van der Waals surface area (Å²) in [6.07, 6.45) is 0. The van der Waals surface area contributed by atoms with E-state index in [1.807, 2.05) is 49.0 Å². The zero-order chi connectivity index (χ0) is 13.0. The number of thiophene rings is 1. The van der Waals surface area contributed by atoms with Crippen LogP contribution in [0.5, 0.6) is 0 Å². The summed E-state index contributed by atoms with van der Waals surface area (Å²) in [5.41, 5.74) is 3.95. The first-order chi connectivity index (χ1) is 8.70. The molecule has 1 aromatic heterocycles. The van der Waals surface area contributed by atoms with E-state index in [1.165, 1.54) is 0 Å². The molecule has 0 unspecified atom stereocenters. The van der Waals surface area contributed by atoms with Gasteiger partial charge in [0, 0.05) is 24.8 Å². The van der Waals surface area contributed by atoms with Gasteiger partial charge in [-0.25, -0.2) is 0 Å². The minimum Gasteiger partial charge on any atom is -0.388 e. The van der Waals surface area contributed by atoms with Crippen LogP contribution in [0.1, 0.15) is 21.5 Å². The maximum absolute atomic E-state index is 12.0. The third-order valence-electron chi connectivity index (χ3n) is 2.79. The fraction of sp³-hybridized carbons (Fsp3) is 0.214. The van der Waals surface area contributed by atoms with Gasteiger partial charge >= 0.3 is 0 Å². The summed E-state index contributed by atoms with van der Waals surface area (Å²) in [6.45, 7) is 2.57. The smallest absolute Gasteiger partial charge is 0.251 e. The predicted octanol–water partition coefficient (Wildman–Crippen LogP) is 3.03. The highest BCUT2D eigenvalue weighted by atomic mass is 32.1. The minimum atomic E-state index is -0.0352. The van der Waals surface area contributed by atoms with Crippen molar-refractivity contribution in [1.29, 1.82) is 0 Å². The minimum absolute atomic E-state index is 0.0352. The molecule has 94 valence electrons. The fourth-order valence-electron chi connectivity index (χ4n) is 1.76. The van der Waals surface area contributed by atoms with Crippen molar-refractivity contribution >= 4 is 22.9 Å². The normalized spacial score (nSPS) is 10.1. The van der Waals surface area contributed by atoms with Gasteiger partial charge in [-0.15, -0.1) is 0 Å². The molecule has 0 spiro atoms. The van der Waals surface area contributed by atoms with Gasteiger partial charge in [0.1, 0.15) is 0 Å². The van der Waals surface area contributed by atoms with Crippen molar-refractivity contribution in [2.75, 3.05) is 12.4 Å². The van der Waals surface area contributed by atoms with E-state index >= 15 is 0 Å². The number of benzene rings is 1. The highest BCUT2D eigenvalue weighted by Crippen LogP contribution is 2.15. The van der Waals surface area contributed by atoms with Crippen LogP contribution in [0.15, 0.2) is 35.0 Å². The Morgan fingerprint density at radius 2 is 2.17 bits per heavy atom. The van der Waals surface area contributed by atoms with Gasteiger partial charge < -0.3 is 10.6 Å². The van der Waals surface area contributed by atoms with E-state index in [0.717, 1.165) is 16.8 Å². The van der Waals surface area contributed by atoms with E-state index in [0.29, 0.717) is 12.1 Å². The van der Waals surface area contributed by atoms with E-state index < -0.39 is 0 Å². The van der Waals surface area contributed by atoms with Crippen LogP contribution in [0.2, 0.25) is 0 Å². The van der Waals surface area contributed by atoms with Crippen LogP contribution < -0.4 is 10.6 Å². The highest BCUT2D eigenvalue weighted by Gasteiger charge is 2.07. The summed E-state index contributed by atoms with van der Waals surface area (Å²) in [4.78, 5) is 12.0. The first-order valence-electron chi connectivity index (χ1n) is 5.78. The molecule has 0 bridgehead atoms. The van der Waals surface area contributed by atoms with Crippen molar-refractivity contribution in [3.05, 3.63) is 51.7 Å². The maximum atomic E-state index is 12.0. The Balaban J connectivity index is 2.02. The van der Waals surface area contributed by atoms with Crippen LogP contribution >= 0.6 is 11.3 Å². The van der Waals surface area contributed by atoms with Crippen molar-refractivity contribution < 1.29 is 4.79 Å². The number of anilines is 1. The number of hydrogen-bond donors (Lipinski definition) is 2.